The highest BCUT2D eigenvalue weighted by Crippen LogP contribution is 2.18. The second kappa shape index (κ2) is 10.7. The van der Waals surface area contributed by atoms with Gasteiger partial charge in [0.2, 0.25) is 0 Å². The number of anilines is 3. The molecule has 180 valence electrons. The minimum Gasteiger partial charge on any atom is -0.322 e. The van der Waals surface area contributed by atoms with E-state index in [1.165, 1.54) is 18.2 Å². The Balaban J connectivity index is 1.64. The Kier molecular flexibility index (Phi) is 7.25. The van der Waals surface area contributed by atoms with Gasteiger partial charge in [0.05, 0.1) is 0 Å². The summed E-state index contributed by atoms with van der Waals surface area (Å²) in [7, 11) is 0. The number of nitrogens with one attached hydrogen (secondary N) is 3. The molecule has 4 rings (SSSR count). The maximum absolute atomic E-state index is 13.1. The number of amides is 3. The van der Waals surface area contributed by atoms with Crippen molar-refractivity contribution in [3.8, 4) is 0 Å². The molecule has 0 heterocycles. The van der Waals surface area contributed by atoms with Gasteiger partial charge in [0, 0.05) is 33.8 Å². The van der Waals surface area contributed by atoms with Crippen LogP contribution in [-0.4, -0.2) is 17.7 Å². The molecule has 6 nitrogen and oxygen atoms in total. The summed E-state index contributed by atoms with van der Waals surface area (Å²) < 4.78 is 0. The van der Waals surface area contributed by atoms with Crippen molar-refractivity contribution < 1.29 is 14.4 Å². The molecule has 0 atom stereocenters. The predicted molar refractivity (Wildman–Crippen MR) is 144 cm³/mol. The molecule has 0 fully saturated rings. The van der Waals surface area contributed by atoms with E-state index in [0.29, 0.717) is 17.1 Å². The lowest BCUT2D eigenvalue weighted by atomic mass is 10.0. The second-order valence-electron chi connectivity index (χ2n) is 8.76. The van der Waals surface area contributed by atoms with Crippen molar-refractivity contribution in [1.82, 2.24) is 0 Å². The molecular formula is C30H27N3O3. The normalized spacial score (nSPS) is 10.4. The van der Waals surface area contributed by atoms with E-state index < -0.39 is 17.7 Å². The Hall–Kier alpha value is -4.71. The number of carbonyl (C=O) groups is 3. The fourth-order valence-corrected chi connectivity index (χ4v) is 3.54. The molecule has 3 N–H and O–H groups in total. The molecule has 3 amide bonds. The van der Waals surface area contributed by atoms with Crippen molar-refractivity contribution >= 4 is 34.8 Å². The van der Waals surface area contributed by atoms with Gasteiger partial charge in [-0.2, -0.15) is 0 Å². The van der Waals surface area contributed by atoms with E-state index in [-0.39, 0.29) is 16.7 Å². The lowest BCUT2D eigenvalue weighted by Gasteiger charge is -2.12. The third kappa shape index (κ3) is 6.24. The van der Waals surface area contributed by atoms with Crippen LogP contribution in [0, 0.1) is 20.8 Å². The second-order valence-corrected chi connectivity index (χ2v) is 8.76. The fourth-order valence-electron chi connectivity index (χ4n) is 3.54. The lowest BCUT2D eigenvalue weighted by molar-refractivity contribution is 0.102. The van der Waals surface area contributed by atoms with Gasteiger partial charge in [-0.3, -0.25) is 14.4 Å². The minimum absolute atomic E-state index is 0.196. The SMILES string of the molecule is Cc1ccc(NC(=O)c2cc(C(=O)Nc3ccc(C)cc3)cc(C(=O)Nc3ccc(C)cc3)c2)cc1. The molecule has 0 saturated heterocycles. The average Bonchev–Trinajstić information content (AvgIpc) is 2.87. The van der Waals surface area contributed by atoms with Crippen molar-refractivity contribution in [2.45, 2.75) is 20.8 Å². The Bertz CT molecular complexity index is 1220. The number of carbonyl (C=O) groups excluding carboxylic acids is 3. The molecular weight excluding hydrogens is 450 g/mol. The van der Waals surface area contributed by atoms with Gasteiger partial charge in [-0.25, -0.2) is 0 Å². The van der Waals surface area contributed by atoms with Crippen LogP contribution >= 0.6 is 0 Å². The van der Waals surface area contributed by atoms with Crippen molar-refractivity contribution in [3.05, 3.63) is 124 Å². The summed E-state index contributed by atoms with van der Waals surface area (Å²) in [5.74, 6) is -1.27. The zero-order valence-electron chi connectivity index (χ0n) is 20.4. The zero-order chi connectivity index (χ0) is 25.7. The molecule has 0 aromatic heterocycles. The van der Waals surface area contributed by atoms with Gasteiger partial charge in [-0.15, -0.1) is 0 Å². The average molecular weight is 478 g/mol. The number of hydrogen-bond acceptors (Lipinski definition) is 3. The first kappa shape index (κ1) is 24.4. The van der Waals surface area contributed by atoms with Crippen LogP contribution in [0.15, 0.2) is 91.0 Å². The van der Waals surface area contributed by atoms with Gasteiger partial charge >= 0.3 is 0 Å². The molecule has 6 heteroatoms. The van der Waals surface area contributed by atoms with Gasteiger partial charge in [0.1, 0.15) is 0 Å². The molecule has 0 radical (unpaired) electrons. The first-order valence-corrected chi connectivity index (χ1v) is 11.6. The molecule has 0 aliphatic heterocycles. The number of rotatable bonds is 6. The summed E-state index contributed by atoms with van der Waals surface area (Å²) >= 11 is 0. The van der Waals surface area contributed by atoms with Crippen LogP contribution in [0.25, 0.3) is 0 Å². The van der Waals surface area contributed by atoms with Crippen LogP contribution in [0.2, 0.25) is 0 Å². The van der Waals surface area contributed by atoms with Crippen LogP contribution in [0.1, 0.15) is 47.8 Å². The van der Waals surface area contributed by atoms with E-state index in [1.54, 1.807) is 36.4 Å². The summed E-state index contributed by atoms with van der Waals surface area (Å²) in [6, 6.07) is 26.6. The largest absolute Gasteiger partial charge is 0.322 e. The van der Waals surface area contributed by atoms with E-state index in [9.17, 15) is 14.4 Å². The zero-order valence-corrected chi connectivity index (χ0v) is 20.4. The van der Waals surface area contributed by atoms with Gasteiger partial charge in [0.15, 0.2) is 0 Å². The van der Waals surface area contributed by atoms with E-state index in [0.717, 1.165) is 16.7 Å². The lowest BCUT2D eigenvalue weighted by Crippen LogP contribution is -2.19. The maximum atomic E-state index is 13.1. The Labute approximate surface area is 210 Å². The van der Waals surface area contributed by atoms with Gasteiger partial charge in [-0.1, -0.05) is 53.1 Å². The van der Waals surface area contributed by atoms with Crippen LogP contribution in [0.4, 0.5) is 17.1 Å². The van der Waals surface area contributed by atoms with E-state index in [4.69, 9.17) is 0 Å². The minimum atomic E-state index is -0.423. The predicted octanol–water partition coefficient (Wildman–Crippen LogP) is 6.37. The van der Waals surface area contributed by atoms with E-state index in [2.05, 4.69) is 16.0 Å². The molecule has 4 aromatic carbocycles. The number of aryl methyl sites for hydroxylation is 3. The smallest absolute Gasteiger partial charge is 0.255 e. The monoisotopic (exact) mass is 477 g/mol. The molecule has 36 heavy (non-hydrogen) atoms. The molecule has 0 aliphatic rings. The molecule has 0 unspecified atom stereocenters. The fraction of sp³-hybridized carbons (Fsp3) is 0.100. The summed E-state index contributed by atoms with van der Waals surface area (Å²) in [5, 5.41) is 8.48. The number of benzene rings is 4. The van der Waals surface area contributed by atoms with Crippen LogP contribution < -0.4 is 16.0 Å². The van der Waals surface area contributed by atoms with Crippen LogP contribution in [0.5, 0.6) is 0 Å². The van der Waals surface area contributed by atoms with E-state index >= 15 is 0 Å². The highest BCUT2D eigenvalue weighted by Gasteiger charge is 2.17. The Morgan fingerprint density at radius 3 is 0.861 bits per heavy atom. The summed E-state index contributed by atoms with van der Waals surface area (Å²) in [5.41, 5.74) is 5.64. The molecule has 0 bridgehead atoms. The summed E-state index contributed by atoms with van der Waals surface area (Å²) in [4.78, 5) is 39.2. The first-order chi connectivity index (χ1) is 17.3. The van der Waals surface area contributed by atoms with Crippen LogP contribution in [-0.2, 0) is 0 Å². The molecule has 0 saturated carbocycles. The molecule has 0 spiro atoms. The van der Waals surface area contributed by atoms with E-state index in [1.807, 2.05) is 57.2 Å². The molecule has 0 aliphatic carbocycles. The van der Waals surface area contributed by atoms with Crippen molar-refractivity contribution in [2.75, 3.05) is 16.0 Å². The van der Waals surface area contributed by atoms with Crippen LogP contribution in [0.3, 0.4) is 0 Å². The molecule has 4 aromatic rings. The Morgan fingerprint density at radius 1 is 0.417 bits per heavy atom. The van der Waals surface area contributed by atoms with Crippen molar-refractivity contribution in [3.63, 3.8) is 0 Å². The van der Waals surface area contributed by atoms with Crippen molar-refractivity contribution in [2.24, 2.45) is 0 Å². The summed E-state index contributed by atoms with van der Waals surface area (Å²) in [6.45, 7) is 5.88. The number of hydrogen-bond donors (Lipinski definition) is 3. The topological polar surface area (TPSA) is 87.3 Å². The van der Waals surface area contributed by atoms with Gasteiger partial charge in [0.25, 0.3) is 17.7 Å². The Morgan fingerprint density at radius 2 is 0.639 bits per heavy atom. The summed E-state index contributed by atoms with van der Waals surface area (Å²) in [6.07, 6.45) is 0. The standard InChI is InChI=1S/C30H27N3O3/c1-19-4-10-25(11-5-19)31-28(34)22-16-23(29(35)32-26-12-6-20(2)7-13-26)18-24(17-22)30(36)33-27-14-8-21(3)9-15-27/h4-18H,1-3H3,(H,31,34)(H,32,35)(H,33,36). The van der Waals surface area contributed by atoms with Gasteiger partial charge in [-0.05, 0) is 75.4 Å². The third-order valence-electron chi connectivity index (χ3n) is 5.65. The maximum Gasteiger partial charge on any atom is 0.255 e. The highest BCUT2D eigenvalue weighted by atomic mass is 16.2. The van der Waals surface area contributed by atoms with Crippen molar-refractivity contribution in [1.29, 1.82) is 0 Å². The van der Waals surface area contributed by atoms with Gasteiger partial charge < -0.3 is 16.0 Å². The quantitative estimate of drug-likeness (QED) is 0.302. The highest BCUT2D eigenvalue weighted by molar-refractivity contribution is 6.12. The first-order valence-electron chi connectivity index (χ1n) is 11.6. The third-order valence-corrected chi connectivity index (χ3v) is 5.65.